The molecule has 2 amide bonds. The van der Waals surface area contributed by atoms with E-state index in [4.69, 9.17) is 0 Å². The molecule has 0 bridgehead atoms. The number of piperidine rings is 1. The lowest BCUT2D eigenvalue weighted by Gasteiger charge is -2.33. The molecule has 5 heteroatoms. The van der Waals surface area contributed by atoms with Crippen molar-refractivity contribution < 1.29 is 9.59 Å². The summed E-state index contributed by atoms with van der Waals surface area (Å²) in [5.74, 6) is -0.243. The molecule has 0 saturated carbocycles. The molecule has 1 aromatic rings. The average Bonchev–Trinajstić information content (AvgIpc) is 2.49. The van der Waals surface area contributed by atoms with Crippen LogP contribution in [0.1, 0.15) is 25.3 Å². The Balaban J connectivity index is 1.69. The van der Waals surface area contributed by atoms with Gasteiger partial charge in [-0.1, -0.05) is 18.2 Å². The first kappa shape index (κ1) is 13.9. The van der Waals surface area contributed by atoms with Crippen LogP contribution >= 0.6 is 0 Å². The van der Waals surface area contributed by atoms with Gasteiger partial charge < -0.3 is 16.0 Å². The van der Waals surface area contributed by atoms with E-state index in [9.17, 15) is 9.59 Å². The fraction of sp³-hybridized carbons (Fsp3) is 0.500. The smallest absolute Gasteiger partial charge is 0.242 e. The fourth-order valence-electron chi connectivity index (χ4n) is 3.11. The molecule has 3 rings (SSSR count). The average molecular weight is 287 g/mol. The highest BCUT2D eigenvalue weighted by Gasteiger charge is 2.33. The number of para-hydroxylation sites is 1. The van der Waals surface area contributed by atoms with E-state index in [0.717, 1.165) is 24.1 Å². The number of fused-ring (bicyclic) bond motifs is 1. The monoisotopic (exact) mass is 287 g/mol. The van der Waals surface area contributed by atoms with Crippen molar-refractivity contribution in [3.05, 3.63) is 29.8 Å². The minimum atomic E-state index is -0.379. The Hall–Kier alpha value is -2.04. The van der Waals surface area contributed by atoms with Gasteiger partial charge in [0.1, 0.15) is 6.04 Å². The van der Waals surface area contributed by atoms with Gasteiger partial charge in [0.25, 0.3) is 0 Å². The Morgan fingerprint density at radius 2 is 2.14 bits per heavy atom. The first-order valence-corrected chi connectivity index (χ1v) is 7.57. The lowest BCUT2D eigenvalue weighted by molar-refractivity contribution is -0.132. The van der Waals surface area contributed by atoms with Crippen molar-refractivity contribution in [3.8, 4) is 0 Å². The van der Waals surface area contributed by atoms with E-state index < -0.39 is 0 Å². The molecule has 2 aliphatic rings. The summed E-state index contributed by atoms with van der Waals surface area (Å²) in [6.07, 6.45) is 2.35. The molecule has 0 radical (unpaired) electrons. The lowest BCUT2D eigenvalue weighted by atomic mass is 9.87. The van der Waals surface area contributed by atoms with Crippen LogP contribution < -0.4 is 16.0 Å². The van der Waals surface area contributed by atoms with Crippen LogP contribution in [-0.4, -0.2) is 30.4 Å². The number of amides is 2. The summed E-state index contributed by atoms with van der Waals surface area (Å²) in [4.78, 5) is 24.3. The fourth-order valence-corrected chi connectivity index (χ4v) is 3.11. The van der Waals surface area contributed by atoms with Crippen LogP contribution in [0.25, 0.3) is 0 Å². The third-order valence-corrected chi connectivity index (χ3v) is 4.38. The van der Waals surface area contributed by atoms with E-state index in [1.165, 1.54) is 0 Å². The molecule has 21 heavy (non-hydrogen) atoms. The maximum atomic E-state index is 12.5. The van der Waals surface area contributed by atoms with Crippen LogP contribution in [0.5, 0.6) is 0 Å². The first-order valence-electron chi connectivity index (χ1n) is 7.57. The zero-order chi connectivity index (χ0) is 14.8. The molecule has 3 N–H and O–H groups in total. The summed E-state index contributed by atoms with van der Waals surface area (Å²) < 4.78 is 0. The minimum Gasteiger partial charge on any atom is -0.382 e. The molecule has 2 heterocycles. The second-order valence-electron chi connectivity index (χ2n) is 5.90. The number of benzene rings is 1. The summed E-state index contributed by atoms with van der Waals surface area (Å²) in [6, 6.07) is 7.74. The predicted octanol–water partition coefficient (Wildman–Crippen LogP) is 1.05. The van der Waals surface area contributed by atoms with E-state index in [1.807, 2.05) is 31.2 Å². The minimum absolute atomic E-state index is 0.0356. The van der Waals surface area contributed by atoms with Crippen LogP contribution in [0.3, 0.4) is 0 Å². The SMILES string of the molecule is CC1Nc2ccccc2CC1C(=O)NC1CCCNC1=O. The summed E-state index contributed by atoms with van der Waals surface area (Å²) in [5.41, 5.74) is 2.26. The third-order valence-electron chi connectivity index (χ3n) is 4.38. The molecule has 3 unspecified atom stereocenters. The highest BCUT2D eigenvalue weighted by Crippen LogP contribution is 2.28. The lowest BCUT2D eigenvalue weighted by Crippen LogP contribution is -2.53. The van der Waals surface area contributed by atoms with Gasteiger partial charge in [0.05, 0.1) is 5.92 Å². The Morgan fingerprint density at radius 3 is 2.95 bits per heavy atom. The second kappa shape index (κ2) is 5.76. The zero-order valence-electron chi connectivity index (χ0n) is 12.2. The molecule has 1 aromatic carbocycles. The van der Waals surface area contributed by atoms with E-state index in [1.54, 1.807) is 0 Å². The van der Waals surface area contributed by atoms with Crippen LogP contribution in [-0.2, 0) is 16.0 Å². The quantitative estimate of drug-likeness (QED) is 0.761. The highest BCUT2D eigenvalue weighted by molar-refractivity contribution is 5.89. The van der Waals surface area contributed by atoms with Gasteiger partial charge in [-0.15, -0.1) is 0 Å². The molecule has 3 atom stereocenters. The summed E-state index contributed by atoms with van der Waals surface area (Å²) in [6.45, 7) is 2.72. The Morgan fingerprint density at radius 1 is 1.33 bits per heavy atom. The predicted molar refractivity (Wildman–Crippen MR) is 80.9 cm³/mol. The van der Waals surface area contributed by atoms with Crippen molar-refractivity contribution in [1.29, 1.82) is 0 Å². The van der Waals surface area contributed by atoms with Crippen LogP contribution in [0, 0.1) is 5.92 Å². The van der Waals surface area contributed by atoms with Crippen molar-refractivity contribution >= 4 is 17.5 Å². The molecule has 5 nitrogen and oxygen atoms in total. The largest absolute Gasteiger partial charge is 0.382 e. The Kier molecular flexibility index (Phi) is 3.82. The van der Waals surface area contributed by atoms with Crippen LogP contribution in [0.2, 0.25) is 0 Å². The number of hydrogen-bond donors (Lipinski definition) is 3. The van der Waals surface area contributed by atoms with Gasteiger partial charge in [0, 0.05) is 18.3 Å². The number of anilines is 1. The summed E-state index contributed by atoms with van der Waals surface area (Å²) >= 11 is 0. The van der Waals surface area contributed by atoms with Gasteiger partial charge in [-0.05, 0) is 37.8 Å². The van der Waals surface area contributed by atoms with Gasteiger partial charge in [0.15, 0.2) is 0 Å². The molecular weight excluding hydrogens is 266 g/mol. The van der Waals surface area contributed by atoms with Gasteiger partial charge >= 0.3 is 0 Å². The highest BCUT2D eigenvalue weighted by atomic mass is 16.2. The second-order valence-corrected chi connectivity index (χ2v) is 5.90. The molecule has 0 spiro atoms. The van der Waals surface area contributed by atoms with Gasteiger partial charge in [-0.25, -0.2) is 0 Å². The number of carbonyl (C=O) groups excluding carboxylic acids is 2. The molecule has 1 fully saturated rings. The van der Waals surface area contributed by atoms with E-state index in [0.29, 0.717) is 13.0 Å². The van der Waals surface area contributed by atoms with E-state index >= 15 is 0 Å². The topological polar surface area (TPSA) is 70.2 Å². The van der Waals surface area contributed by atoms with E-state index in [-0.39, 0.29) is 29.8 Å². The summed E-state index contributed by atoms with van der Waals surface area (Å²) in [7, 11) is 0. The molecule has 0 aliphatic carbocycles. The van der Waals surface area contributed by atoms with E-state index in [2.05, 4.69) is 16.0 Å². The standard InChI is InChI=1S/C16H21N3O2/c1-10-12(9-11-5-2-3-6-13(11)18-10)15(20)19-14-7-4-8-17-16(14)21/h2-3,5-6,10,12,14,18H,4,7-9H2,1H3,(H,17,21)(H,19,20). The zero-order valence-corrected chi connectivity index (χ0v) is 12.2. The molecule has 0 aromatic heterocycles. The van der Waals surface area contributed by atoms with Gasteiger partial charge in [-0.3, -0.25) is 9.59 Å². The number of nitrogens with one attached hydrogen (secondary N) is 3. The number of rotatable bonds is 2. The van der Waals surface area contributed by atoms with Crippen LogP contribution in [0.4, 0.5) is 5.69 Å². The van der Waals surface area contributed by atoms with Gasteiger partial charge in [0.2, 0.25) is 11.8 Å². The normalized spacial score (nSPS) is 28.0. The first-order chi connectivity index (χ1) is 10.1. The Labute approximate surface area is 124 Å². The number of carbonyl (C=O) groups is 2. The van der Waals surface area contributed by atoms with Crippen LogP contribution in [0.15, 0.2) is 24.3 Å². The third kappa shape index (κ3) is 2.86. The molecule has 112 valence electrons. The van der Waals surface area contributed by atoms with Crippen molar-refractivity contribution in [3.63, 3.8) is 0 Å². The Bertz CT molecular complexity index is 558. The van der Waals surface area contributed by atoms with Crippen molar-refractivity contribution in [1.82, 2.24) is 10.6 Å². The van der Waals surface area contributed by atoms with Crippen molar-refractivity contribution in [2.24, 2.45) is 5.92 Å². The molecule has 1 saturated heterocycles. The van der Waals surface area contributed by atoms with Crippen molar-refractivity contribution in [2.45, 2.75) is 38.3 Å². The number of hydrogen-bond acceptors (Lipinski definition) is 3. The molecule has 2 aliphatic heterocycles. The van der Waals surface area contributed by atoms with Crippen molar-refractivity contribution in [2.75, 3.05) is 11.9 Å². The molecular formula is C16H21N3O2. The maximum Gasteiger partial charge on any atom is 0.242 e. The maximum absolute atomic E-state index is 12.5. The summed E-state index contributed by atoms with van der Waals surface area (Å²) in [5, 5.41) is 9.08. The van der Waals surface area contributed by atoms with Gasteiger partial charge in [-0.2, -0.15) is 0 Å².